The van der Waals surface area contributed by atoms with Gasteiger partial charge in [-0.2, -0.15) is 0 Å². The zero-order chi connectivity index (χ0) is 11.8. The Bertz CT molecular complexity index is 304. The number of benzene rings is 1. The summed E-state index contributed by atoms with van der Waals surface area (Å²) in [6, 6.07) is 6.88. The van der Waals surface area contributed by atoms with Gasteiger partial charge in [-0.1, -0.05) is 12.1 Å². The fourth-order valence-electron chi connectivity index (χ4n) is 1.53. The molecule has 1 N–H and O–H groups in total. The molecule has 0 saturated carbocycles. The van der Waals surface area contributed by atoms with Crippen molar-refractivity contribution in [3.05, 3.63) is 35.6 Å². The van der Waals surface area contributed by atoms with Crippen molar-refractivity contribution in [2.75, 3.05) is 19.8 Å². The lowest BCUT2D eigenvalue weighted by atomic mass is 10.1. The van der Waals surface area contributed by atoms with Crippen molar-refractivity contribution in [2.45, 2.75) is 26.3 Å². The van der Waals surface area contributed by atoms with Gasteiger partial charge in [0, 0.05) is 19.3 Å². The van der Waals surface area contributed by atoms with Gasteiger partial charge in [0.15, 0.2) is 0 Å². The average molecular weight is 225 g/mol. The summed E-state index contributed by atoms with van der Waals surface area (Å²) in [6.45, 7) is 6.45. The maximum Gasteiger partial charge on any atom is 0.123 e. The molecule has 0 spiro atoms. The first-order chi connectivity index (χ1) is 7.74. The molecule has 90 valence electrons. The van der Waals surface area contributed by atoms with E-state index in [1.165, 1.54) is 6.07 Å². The Morgan fingerprint density at radius 3 is 2.94 bits per heavy atom. The van der Waals surface area contributed by atoms with E-state index < -0.39 is 0 Å². The SMILES string of the molecule is CCOCCCN[C@H](C)c1cccc(F)c1. The molecule has 1 aromatic rings. The molecule has 0 fully saturated rings. The molecule has 2 nitrogen and oxygen atoms in total. The summed E-state index contributed by atoms with van der Waals surface area (Å²) >= 11 is 0. The lowest BCUT2D eigenvalue weighted by Crippen LogP contribution is -2.21. The van der Waals surface area contributed by atoms with Gasteiger partial charge < -0.3 is 10.1 Å². The Kier molecular flexibility index (Phi) is 6.04. The van der Waals surface area contributed by atoms with E-state index in [1.807, 2.05) is 19.9 Å². The molecule has 1 rings (SSSR count). The summed E-state index contributed by atoms with van der Waals surface area (Å²) in [5.74, 6) is -0.180. The van der Waals surface area contributed by atoms with Crippen LogP contribution < -0.4 is 5.32 Å². The number of hydrogen-bond donors (Lipinski definition) is 1. The van der Waals surface area contributed by atoms with Crippen molar-refractivity contribution in [3.8, 4) is 0 Å². The third-order valence-corrected chi connectivity index (χ3v) is 2.47. The number of hydrogen-bond acceptors (Lipinski definition) is 2. The van der Waals surface area contributed by atoms with Gasteiger partial charge in [0.05, 0.1) is 0 Å². The van der Waals surface area contributed by atoms with Crippen molar-refractivity contribution >= 4 is 0 Å². The zero-order valence-corrected chi connectivity index (χ0v) is 10.0. The van der Waals surface area contributed by atoms with Gasteiger partial charge in [0.25, 0.3) is 0 Å². The first-order valence-corrected chi connectivity index (χ1v) is 5.80. The van der Waals surface area contributed by atoms with E-state index in [4.69, 9.17) is 4.74 Å². The van der Waals surface area contributed by atoms with Crippen molar-refractivity contribution < 1.29 is 9.13 Å². The minimum atomic E-state index is -0.180. The highest BCUT2D eigenvalue weighted by molar-refractivity contribution is 5.19. The Balaban J connectivity index is 2.27. The van der Waals surface area contributed by atoms with Crippen LogP contribution in [-0.2, 0) is 4.74 Å². The highest BCUT2D eigenvalue weighted by Crippen LogP contribution is 2.12. The van der Waals surface area contributed by atoms with Gasteiger partial charge >= 0.3 is 0 Å². The van der Waals surface area contributed by atoms with E-state index in [9.17, 15) is 4.39 Å². The molecule has 0 radical (unpaired) electrons. The molecule has 16 heavy (non-hydrogen) atoms. The minimum absolute atomic E-state index is 0.178. The molecule has 1 atom stereocenters. The van der Waals surface area contributed by atoms with E-state index >= 15 is 0 Å². The largest absolute Gasteiger partial charge is 0.382 e. The molecule has 0 aliphatic carbocycles. The summed E-state index contributed by atoms with van der Waals surface area (Å²) < 4.78 is 18.2. The molecule has 0 aromatic heterocycles. The van der Waals surface area contributed by atoms with E-state index in [1.54, 1.807) is 12.1 Å². The summed E-state index contributed by atoms with van der Waals surface area (Å²) in [5, 5.41) is 3.34. The molecule has 0 saturated heterocycles. The topological polar surface area (TPSA) is 21.3 Å². The molecule has 0 unspecified atom stereocenters. The fraction of sp³-hybridized carbons (Fsp3) is 0.538. The van der Waals surface area contributed by atoms with Crippen LogP contribution in [0.2, 0.25) is 0 Å². The highest BCUT2D eigenvalue weighted by Gasteiger charge is 2.04. The van der Waals surface area contributed by atoms with Gasteiger partial charge in [-0.3, -0.25) is 0 Å². The zero-order valence-electron chi connectivity index (χ0n) is 10.0. The quantitative estimate of drug-likeness (QED) is 0.720. The van der Waals surface area contributed by atoms with Crippen molar-refractivity contribution in [3.63, 3.8) is 0 Å². The molecule has 0 aliphatic heterocycles. The Morgan fingerprint density at radius 2 is 2.25 bits per heavy atom. The second-order valence-corrected chi connectivity index (χ2v) is 3.78. The lowest BCUT2D eigenvalue weighted by Gasteiger charge is -2.14. The van der Waals surface area contributed by atoms with Crippen LogP contribution in [-0.4, -0.2) is 19.8 Å². The molecule has 1 aromatic carbocycles. The van der Waals surface area contributed by atoms with Gasteiger partial charge in [0.2, 0.25) is 0 Å². The average Bonchev–Trinajstić information content (AvgIpc) is 2.28. The summed E-state index contributed by atoms with van der Waals surface area (Å²) in [4.78, 5) is 0. The Morgan fingerprint density at radius 1 is 1.44 bits per heavy atom. The van der Waals surface area contributed by atoms with Crippen LogP contribution in [0.1, 0.15) is 31.9 Å². The lowest BCUT2D eigenvalue weighted by molar-refractivity contribution is 0.144. The standard InChI is InChI=1S/C13H20FNO/c1-3-16-9-5-8-15-11(2)12-6-4-7-13(14)10-12/h4,6-7,10-11,15H,3,5,8-9H2,1-2H3/t11-/m1/s1. The van der Waals surface area contributed by atoms with E-state index in [0.29, 0.717) is 0 Å². The molecular formula is C13H20FNO. The van der Waals surface area contributed by atoms with Gasteiger partial charge in [-0.15, -0.1) is 0 Å². The fourth-order valence-corrected chi connectivity index (χ4v) is 1.53. The first-order valence-electron chi connectivity index (χ1n) is 5.80. The molecule has 0 heterocycles. The molecule has 3 heteroatoms. The third kappa shape index (κ3) is 4.73. The number of rotatable bonds is 7. The summed E-state index contributed by atoms with van der Waals surface area (Å²) in [5.41, 5.74) is 0.983. The van der Waals surface area contributed by atoms with E-state index in [2.05, 4.69) is 5.32 Å². The van der Waals surface area contributed by atoms with Crippen LogP contribution >= 0.6 is 0 Å². The summed E-state index contributed by atoms with van der Waals surface area (Å²) in [7, 11) is 0. The minimum Gasteiger partial charge on any atom is -0.382 e. The smallest absolute Gasteiger partial charge is 0.123 e. The van der Waals surface area contributed by atoms with E-state index in [0.717, 1.165) is 31.7 Å². The van der Waals surface area contributed by atoms with Crippen molar-refractivity contribution in [1.82, 2.24) is 5.32 Å². The van der Waals surface area contributed by atoms with Gasteiger partial charge in [-0.25, -0.2) is 4.39 Å². The maximum atomic E-state index is 13.0. The third-order valence-electron chi connectivity index (χ3n) is 2.47. The predicted molar refractivity (Wildman–Crippen MR) is 63.9 cm³/mol. The van der Waals surface area contributed by atoms with Crippen LogP contribution in [0, 0.1) is 5.82 Å². The highest BCUT2D eigenvalue weighted by atomic mass is 19.1. The van der Waals surface area contributed by atoms with Crippen LogP contribution in [0.3, 0.4) is 0 Å². The second kappa shape index (κ2) is 7.36. The first kappa shape index (κ1) is 13.1. The van der Waals surface area contributed by atoms with Crippen LogP contribution in [0.15, 0.2) is 24.3 Å². The van der Waals surface area contributed by atoms with Gasteiger partial charge in [-0.05, 0) is 44.5 Å². The molecule has 0 bridgehead atoms. The monoisotopic (exact) mass is 225 g/mol. The molecule has 0 amide bonds. The van der Waals surface area contributed by atoms with Crippen molar-refractivity contribution in [1.29, 1.82) is 0 Å². The van der Waals surface area contributed by atoms with Crippen LogP contribution in [0.4, 0.5) is 4.39 Å². The van der Waals surface area contributed by atoms with Crippen LogP contribution in [0.25, 0.3) is 0 Å². The molecule has 0 aliphatic rings. The Labute approximate surface area is 96.8 Å². The molecular weight excluding hydrogens is 205 g/mol. The number of ether oxygens (including phenoxy) is 1. The van der Waals surface area contributed by atoms with E-state index in [-0.39, 0.29) is 11.9 Å². The Hall–Kier alpha value is -0.930. The number of nitrogens with one attached hydrogen (secondary N) is 1. The second-order valence-electron chi connectivity index (χ2n) is 3.78. The van der Waals surface area contributed by atoms with Crippen molar-refractivity contribution in [2.24, 2.45) is 0 Å². The normalized spacial score (nSPS) is 12.7. The van der Waals surface area contributed by atoms with Crippen LogP contribution in [0.5, 0.6) is 0 Å². The maximum absolute atomic E-state index is 13.0. The summed E-state index contributed by atoms with van der Waals surface area (Å²) in [6.07, 6.45) is 0.980. The van der Waals surface area contributed by atoms with Gasteiger partial charge in [0.1, 0.15) is 5.82 Å². The predicted octanol–water partition coefficient (Wildman–Crippen LogP) is 2.90. The number of halogens is 1.